The number of benzene rings is 3. The third-order valence-corrected chi connectivity index (χ3v) is 4.09. The van der Waals surface area contributed by atoms with E-state index in [9.17, 15) is 23.1 Å². The molecule has 0 aromatic heterocycles. The van der Waals surface area contributed by atoms with Crippen molar-refractivity contribution in [3.8, 4) is 28.0 Å². The van der Waals surface area contributed by atoms with Crippen molar-refractivity contribution >= 4 is 5.97 Å². The van der Waals surface area contributed by atoms with Crippen LogP contribution in [0.15, 0.2) is 66.7 Å². The number of aromatic hydroxyl groups is 1. The third kappa shape index (κ3) is 4.47. The molecule has 0 fully saturated rings. The molecule has 3 aromatic rings. The van der Waals surface area contributed by atoms with Crippen LogP contribution in [0.25, 0.3) is 22.3 Å². The molecule has 3 nitrogen and oxygen atoms in total. The molecular weight excluding hydrogens is 357 g/mol. The predicted octanol–water partition coefficient (Wildman–Crippen LogP) is 5.37. The quantitative estimate of drug-likeness (QED) is 0.647. The Labute approximate surface area is 153 Å². The Morgan fingerprint density at radius 3 is 1.70 bits per heavy atom. The normalized spacial score (nSPS) is 11.4. The van der Waals surface area contributed by atoms with Gasteiger partial charge in [0.2, 0.25) is 0 Å². The lowest BCUT2D eigenvalue weighted by atomic mass is 9.94. The first-order valence-electron chi connectivity index (χ1n) is 8.05. The van der Waals surface area contributed by atoms with Gasteiger partial charge in [0.05, 0.1) is 12.0 Å². The smallest absolute Gasteiger partial charge is 0.416 e. The van der Waals surface area contributed by atoms with Crippen LogP contribution in [-0.4, -0.2) is 16.2 Å². The van der Waals surface area contributed by atoms with Crippen molar-refractivity contribution in [2.24, 2.45) is 0 Å². The SMILES string of the molecule is O=C(O)Cc1cc(-c2ccc(O)cc2)cc(-c2ccc(C(F)(F)F)cc2)c1. The van der Waals surface area contributed by atoms with E-state index in [1.807, 2.05) is 0 Å². The van der Waals surface area contributed by atoms with Crippen LogP contribution >= 0.6 is 0 Å². The second kappa shape index (κ2) is 7.15. The van der Waals surface area contributed by atoms with E-state index in [4.69, 9.17) is 5.11 Å². The van der Waals surface area contributed by atoms with Gasteiger partial charge < -0.3 is 10.2 Å². The number of halogens is 3. The highest BCUT2D eigenvalue weighted by Gasteiger charge is 2.30. The van der Waals surface area contributed by atoms with Crippen LogP contribution in [0.1, 0.15) is 11.1 Å². The fourth-order valence-electron chi connectivity index (χ4n) is 2.81. The minimum atomic E-state index is -4.42. The number of rotatable bonds is 4. The maximum absolute atomic E-state index is 12.8. The fourth-order valence-corrected chi connectivity index (χ4v) is 2.81. The second-order valence-corrected chi connectivity index (χ2v) is 6.11. The molecule has 138 valence electrons. The first kappa shape index (κ1) is 18.5. The van der Waals surface area contributed by atoms with E-state index in [2.05, 4.69) is 0 Å². The largest absolute Gasteiger partial charge is 0.508 e. The van der Waals surface area contributed by atoms with Gasteiger partial charge >= 0.3 is 12.1 Å². The van der Waals surface area contributed by atoms with Crippen LogP contribution in [0.5, 0.6) is 5.75 Å². The molecule has 0 saturated heterocycles. The summed E-state index contributed by atoms with van der Waals surface area (Å²) in [7, 11) is 0. The first-order valence-corrected chi connectivity index (χ1v) is 8.05. The highest BCUT2D eigenvalue weighted by Crippen LogP contribution is 2.33. The Morgan fingerprint density at radius 1 is 0.778 bits per heavy atom. The van der Waals surface area contributed by atoms with E-state index in [0.717, 1.165) is 17.7 Å². The maximum atomic E-state index is 12.8. The second-order valence-electron chi connectivity index (χ2n) is 6.11. The van der Waals surface area contributed by atoms with Crippen molar-refractivity contribution in [3.05, 3.63) is 77.9 Å². The van der Waals surface area contributed by atoms with Gasteiger partial charge in [0, 0.05) is 0 Å². The summed E-state index contributed by atoms with van der Waals surface area (Å²) in [5.41, 5.74) is 2.42. The van der Waals surface area contributed by atoms with Crippen LogP contribution in [0, 0.1) is 0 Å². The number of hydrogen-bond donors (Lipinski definition) is 2. The fraction of sp³-hybridized carbons (Fsp3) is 0.0952. The van der Waals surface area contributed by atoms with Crippen molar-refractivity contribution in [1.82, 2.24) is 0 Å². The van der Waals surface area contributed by atoms with E-state index < -0.39 is 17.7 Å². The summed E-state index contributed by atoms with van der Waals surface area (Å²) in [6.45, 7) is 0. The van der Waals surface area contributed by atoms with E-state index in [1.165, 1.54) is 24.3 Å². The van der Waals surface area contributed by atoms with Gasteiger partial charge in [-0.25, -0.2) is 0 Å². The van der Waals surface area contributed by atoms with Crippen LogP contribution in [0.4, 0.5) is 13.2 Å². The summed E-state index contributed by atoms with van der Waals surface area (Å²) in [5, 5.41) is 18.5. The third-order valence-electron chi connectivity index (χ3n) is 4.09. The molecule has 3 aromatic carbocycles. The molecular formula is C21H15F3O3. The van der Waals surface area contributed by atoms with Crippen LogP contribution < -0.4 is 0 Å². The molecule has 0 spiro atoms. The zero-order valence-corrected chi connectivity index (χ0v) is 14.0. The Kier molecular flexibility index (Phi) is 4.90. The van der Waals surface area contributed by atoms with E-state index >= 15 is 0 Å². The van der Waals surface area contributed by atoms with Crippen molar-refractivity contribution in [2.45, 2.75) is 12.6 Å². The van der Waals surface area contributed by atoms with E-state index in [-0.39, 0.29) is 12.2 Å². The molecule has 0 aliphatic heterocycles. The highest BCUT2D eigenvalue weighted by atomic mass is 19.4. The molecule has 0 unspecified atom stereocenters. The lowest BCUT2D eigenvalue weighted by Crippen LogP contribution is -2.04. The lowest BCUT2D eigenvalue weighted by Gasteiger charge is -2.11. The van der Waals surface area contributed by atoms with Gasteiger partial charge in [0.1, 0.15) is 5.75 Å². The summed E-state index contributed by atoms with van der Waals surface area (Å²) >= 11 is 0. The van der Waals surface area contributed by atoms with Gasteiger partial charge in [0.25, 0.3) is 0 Å². The van der Waals surface area contributed by atoms with Crippen molar-refractivity contribution < 1.29 is 28.2 Å². The lowest BCUT2D eigenvalue weighted by molar-refractivity contribution is -0.138. The summed E-state index contributed by atoms with van der Waals surface area (Å²) in [6, 6.07) is 16.3. The predicted molar refractivity (Wildman–Crippen MR) is 95.3 cm³/mol. The molecule has 2 N–H and O–H groups in total. The van der Waals surface area contributed by atoms with Gasteiger partial charge in [-0.1, -0.05) is 36.4 Å². The highest BCUT2D eigenvalue weighted by molar-refractivity contribution is 5.77. The van der Waals surface area contributed by atoms with Gasteiger partial charge in [0.15, 0.2) is 0 Å². The molecule has 0 saturated carbocycles. The van der Waals surface area contributed by atoms with Gasteiger partial charge in [-0.3, -0.25) is 4.79 Å². The van der Waals surface area contributed by atoms with Crippen LogP contribution in [0.3, 0.4) is 0 Å². The Morgan fingerprint density at radius 2 is 1.26 bits per heavy atom. The number of hydrogen-bond acceptors (Lipinski definition) is 2. The molecule has 6 heteroatoms. The summed E-state index contributed by atoms with van der Waals surface area (Å²) < 4.78 is 38.3. The topological polar surface area (TPSA) is 57.5 Å². The molecule has 0 aliphatic carbocycles. The molecule has 0 aliphatic rings. The molecule has 0 radical (unpaired) electrons. The standard InChI is InChI=1S/C21H15F3O3/c22-21(23,24)18-5-1-14(2-6-18)16-9-13(11-20(26)27)10-17(12-16)15-3-7-19(25)8-4-15/h1-10,12,25H,11H2,(H,26,27). The summed E-state index contributed by atoms with van der Waals surface area (Å²) in [6.07, 6.45) is -4.62. The number of carboxylic acid groups (broad SMARTS) is 1. The zero-order chi connectivity index (χ0) is 19.6. The van der Waals surface area contributed by atoms with Gasteiger partial charge in [-0.05, 0) is 58.1 Å². The first-order chi connectivity index (χ1) is 12.7. The van der Waals surface area contributed by atoms with Crippen molar-refractivity contribution in [3.63, 3.8) is 0 Å². The molecule has 0 heterocycles. The molecule has 27 heavy (non-hydrogen) atoms. The average Bonchev–Trinajstić information content (AvgIpc) is 2.61. The summed E-state index contributed by atoms with van der Waals surface area (Å²) in [5.74, 6) is -0.903. The number of alkyl halides is 3. The Balaban J connectivity index is 2.07. The van der Waals surface area contributed by atoms with Crippen molar-refractivity contribution in [2.75, 3.05) is 0 Å². The Bertz CT molecular complexity index is 959. The number of aliphatic carboxylic acids is 1. The number of phenolic OH excluding ortho intramolecular Hbond substituents is 1. The van der Waals surface area contributed by atoms with Gasteiger partial charge in [-0.2, -0.15) is 13.2 Å². The minimum Gasteiger partial charge on any atom is -0.508 e. The summed E-state index contributed by atoms with van der Waals surface area (Å²) in [4.78, 5) is 11.1. The minimum absolute atomic E-state index is 0.100. The van der Waals surface area contributed by atoms with Crippen molar-refractivity contribution in [1.29, 1.82) is 0 Å². The molecule has 0 atom stereocenters. The number of phenols is 1. The molecule has 0 bridgehead atoms. The van der Waals surface area contributed by atoms with Crippen LogP contribution in [-0.2, 0) is 17.4 Å². The average molecular weight is 372 g/mol. The number of carbonyl (C=O) groups is 1. The maximum Gasteiger partial charge on any atom is 0.416 e. The number of carboxylic acids is 1. The monoisotopic (exact) mass is 372 g/mol. The Hall–Kier alpha value is -3.28. The van der Waals surface area contributed by atoms with E-state index in [0.29, 0.717) is 22.3 Å². The van der Waals surface area contributed by atoms with Gasteiger partial charge in [-0.15, -0.1) is 0 Å². The van der Waals surface area contributed by atoms with Crippen LogP contribution in [0.2, 0.25) is 0 Å². The van der Waals surface area contributed by atoms with E-state index in [1.54, 1.807) is 30.3 Å². The molecule has 0 amide bonds. The molecule has 3 rings (SSSR count). The zero-order valence-electron chi connectivity index (χ0n) is 14.0.